The van der Waals surface area contributed by atoms with Crippen molar-refractivity contribution < 1.29 is 14.7 Å². The van der Waals surface area contributed by atoms with Crippen molar-refractivity contribution in [2.45, 2.75) is 45.5 Å². The highest BCUT2D eigenvalue weighted by Crippen LogP contribution is 2.28. The van der Waals surface area contributed by atoms with E-state index in [1.54, 1.807) is 15.9 Å². The molecule has 8 heteroatoms. The lowest BCUT2D eigenvalue weighted by Crippen LogP contribution is -3.15. The molecule has 0 aromatic carbocycles. The Labute approximate surface area is 168 Å². The average Bonchev–Trinajstić information content (AvgIpc) is 2.91. The third-order valence-electron chi connectivity index (χ3n) is 4.93. The van der Waals surface area contributed by atoms with Crippen molar-refractivity contribution in [1.82, 2.24) is 9.55 Å². The Bertz CT molecular complexity index is 841. The van der Waals surface area contributed by atoms with E-state index in [0.717, 1.165) is 52.1 Å². The molecule has 1 aliphatic rings. The standard InChI is InChI=1S/C19H29N3O3S2/c1-12(2)9-22-18(24)16-13(3)14(4)27-17(16)20-19(22)26-11-15(23)10-21-5-7-25-8-6-21/h12,15,23H,5-11H2,1-4H3/p+1/t15-/m1/s1. The molecule has 0 spiro atoms. The first kappa shape index (κ1) is 20.8. The predicted molar refractivity (Wildman–Crippen MR) is 111 cm³/mol. The maximum atomic E-state index is 13.1. The van der Waals surface area contributed by atoms with E-state index in [0.29, 0.717) is 24.8 Å². The molecular formula is C19H30N3O3S2+. The second-order valence-corrected chi connectivity index (χ2v) is 9.89. The fraction of sp³-hybridized carbons (Fsp3) is 0.684. The number of aliphatic hydroxyl groups is 1. The molecule has 1 fully saturated rings. The molecule has 1 saturated heterocycles. The molecular weight excluding hydrogens is 382 g/mol. The van der Waals surface area contributed by atoms with Gasteiger partial charge in [0.1, 0.15) is 30.6 Å². The monoisotopic (exact) mass is 412 g/mol. The SMILES string of the molecule is Cc1sc2nc(SC[C@H](O)C[NH+]3CCOCC3)n(CC(C)C)c(=O)c2c1C. The third kappa shape index (κ3) is 4.92. The molecule has 0 amide bonds. The number of morpholine rings is 1. The van der Waals surface area contributed by atoms with E-state index >= 15 is 0 Å². The number of rotatable bonds is 7. The van der Waals surface area contributed by atoms with E-state index in [-0.39, 0.29) is 5.56 Å². The molecule has 2 aromatic rings. The summed E-state index contributed by atoms with van der Waals surface area (Å²) in [6, 6.07) is 0. The van der Waals surface area contributed by atoms with E-state index in [2.05, 4.69) is 13.8 Å². The van der Waals surface area contributed by atoms with Crippen LogP contribution in [0.1, 0.15) is 24.3 Å². The Morgan fingerprint density at radius 2 is 2.04 bits per heavy atom. The number of aliphatic hydroxyl groups excluding tert-OH is 1. The molecule has 0 unspecified atom stereocenters. The maximum absolute atomic E-state index is 13.1. The Kier molecular flexibility index (Phi) is 6.97. The average molecular weight is 413 g/mol. The van der Waals surface area contributed by atoms with E-state index in [1.807, 2.05) is 13.8 Å². The summed E-state index contributed by atoms with van der Waals surface area (Å²) >= 11 is 3.07. The molecule has 150 valence electrons. The number of fused-ring (bicyclic) bond motifs is 1. The lowest BCUT2D eigenvalue weighted by atomic mass is 10.2. The molecule has 2 aromatic heterocycles. The van der Waals surface area contributed by atoms with Gasteiger partial charge in [-0.2, -0.15) is 0 Å². The van der Waals surface area contributed by atoms with Gasteiger partial charge in [-0.15, -0.1) is 11.3 Å². The summed E-state index contributed by atoms with van der Waals surface area (Å²) in [6.45, 7) is 13.0. The number of quaternary nitrogens is 1. The van der Waals surface area contributed by atoms with Gasteiger partial charge in [-0.3, -0.25) is 9.36 Å². The number of aryl methyl sites for hydroxylation is 2. The minimum atomic E-state index is -0.421. The van der Waals surface area contributed by atoms with Gasteiger partial charge in [0.25, 0.3) is 5.56 Å². The summed E-state index contributed by atoms with van der Waals surface area (Å²) in [7, 11) is 0. The molecule has 0 bridgehead atoms. The molecule has 2 N–H and O–H groups in total. The summed E-state index contributed by atoms with van der Waals surface area (Å²) < 4.78 is 7.17. The topological polar surface area (TPSA) is 68.8 Å². The Balaban J connectivity index is 1.80. The molecule has 6 nitrogen and oxygen atoms in total. The van der Waals surface area contributed by atoms with Crippen molar-refractivity contribution in [2.75, 3.05) is 38.6 Å². The van der Waals surface area contributed by atoms with Gasteiger partial charge < -0.3 is 14.7 Å². The van der Waals surface area contributed by atoms with E-state index in [4.69, 9.17) is 9.72 Å². The number of hydrogen-bond donors (Lipinski definition) is 2. The highest BCUT2D eigenvalue weighted by atomic mass is 32.2. The minimum absolute atomic E-state index is 0.0475. The van der Waals surface area contributed by atoms with Crippen molar-refractivity contribution in [2.24, 2.45) is 5.92 Å². The van der Waals surface area contributed by atoms with Crippen molar-refractivity contribution in [1.29, 1.82) is 0 Å². The molecule has 3 heterocycles. The Hall–Kier alpha value is -0.930. The van der Waals surface area contributed by atoms with Crippen LogP contribution in [0.3, 0.4) is 0 Å². The van der Waals surface area contributed by atoms with Crippen LogP contribution in [0.2, 0.25) is 0 Å². The summed E-state index contributed by atoms with van der Waals surface area (Å²) in [4.78, 5) is 21.2. The van der Waals surface area contributed by atoms with Crippen LogP contribution in [0.5, 0.6) is 0 Å². The third-order valence-corrected chi connectivity index (χ3v) is 7.15. The first-order valence-corrected chi connectivity index (χ1v) is 11.4. The number of ether oxygens (including phenoxy) is 1. The molecule has 1 aliphatic heterocycles. The normalized spacial score (nSPS) is 17.1. The number of hydrogen-bond acceptors (Lipinski definition) is 6. The lowest BCUT2D eigenvalue weighted by Gasteiger charge is -2.25. The van der Waals surface area contributed by atoms with Gasteiger partial charge in [0.15, 0.2) is 5.16 Å². The van der Waals surface area contributed by atoms with Gasteiger partial charge in [0.05, 0.1) is 18.6 Å². The van der Waals surface area contributed by atoms with Crippen LogP contribution in [0, 0.1) is 19.8 Å². The molecule has 3 rings (SSSR count). The fourth-order valence-corrected chi connectivity index (χ4v) is 5.38. The zero-order chi connectivity index (χ0) is 19.6. The number of thiophene rings is 1. The molecule has 1 atom stereocenters. The van der Waals surface area contributed by atoms with Crippen molar-refractivity contribution in [3.8, 4) is 0 Å². The van der Waals surface area contributed by atoms with E-state index in [9.17, 15) is 9.90 Å². The summed E-state index contributed by atoms with van der Waals surface area (Å²) in [5.41, 5.74) is 1.09. The highest BCUT2D eigenvalue weighted by molar-refractivity contribution is 7.99. The lowest BCUT2D eigenvalue weighted by molar-refractivity contribution is -0.910. The second kappa shape index (κ2) is 9.05. The number of nitrogens with one attached hydrogen (secondary N) is 1. The summed E-state index contributed by atoms with van der Waals surface area (Å²) in [5.74, 6) is 0.896. The maximum Gasteiger partial charge on any atom is 0.263 e. The summed E-state index contributed by atoms with van der Waals surface area (Å²) in [5, 5.41) is 11.9. The Morgan fingerprint density at radius 3 is 2.70 bits per heavy atom. The van der Waals surface area contributed by atoms with Crippen LogP contribution in [-0.2, 0) is 11.3 Å². The second-order valence-electron chi connectivity index (χ2n) is 7.70. The van der Waals surface area contributed by atoms with Crippen LogP contribution < -0.4 is 10.5 Å². The van der Waals surface area contributed by atoms with Crippen LogP contribution in [-0.4, -0.2) is 59.4 Å². The van der Waals surface area contributed by atoms with E-state index < -0.39 is 6.10 Å². The Morgan fingerprint density at radius 1 is 1.33 bits per heavy atom. The zero-order valence-corrected chi connectivity index (χ0v) is 18.2. The van der Waals surface area contributed by atoms with Crippen LogP contribution in [0.4, 0.5) is 0 Å². The number of thioether (sulfide) groups is 1. The number of nitrogens with zero attached hydrogens (tertiary/aromatic N) is 2. The van der Waals surface area contributed by atoms with E-state index in [1.165, 1.54) is 16.7 Å². The quantitative estimate of drug-likeness (QED) is 0.527. The zero-order valence-electron chi connectivity index (χ0n) is 16.6. The smallest absolute Gasteiger partial charge is 0.263 e. The van der Waals surface area contributed by atoms with Gasteiger partial charge in [-0.25, -0.2) is 4.98 Å². The van der Waals surface area contributed by atoms with Crippen LogP contribution in [0.15, 0.2) is 9.95 Å². The van der Waals surface area contributed by atoms with Crippen molar-refractivity contribution in [3.05, 3.63) is 20.8 Å². The van der Waals surface area contributed by atoms with Gasteiger partial charge in [-0.05, 0) is 25.3 Å². The number of aromatic nitrogens is 2. The predicted octanol–water partition coefficient (Wildman–Crippen LogP) is 1.10. The molecule has 0 aliphatic carbocycles. The van der Waals surface area contributed by atoms with Gasteiger partial charge in [0.2, 0.25) is 0 Å². The molecule has 27 heavy (non-hydrogen) atoms. The van der Waals surface area contributed by atoms with Gasteiger partial charge in [0, 0.05) is 17.2 Å². The van der Waals surface area contributed by atoms with Crippen molar-refractivity contribution >= 4 is 33.3 Å². The first-order valence-electron chi connectivity index (χ1n) is 9.59. The highest BCUT2D eigenvalue weighted by Gasteiger charge is 2.21. The summed E-state index contributed by atoms with van der Waals surface area (Å²) in [6.07, 6.45) is -0.421. The van der Waals surface area contributed by atoms with Gasteiger partial charge >= 0.3 is 0 Å². The minimum Gasteiger partial charge on any atom is -0.386 e. The van der Waals surface area contributed by atoms with Crippen molar-refractivity contribution in [3.63, 3.8) is 0 Å². The van der Waals surface area contributed by atoms with Crippen LogP contribution in [0.25, 0.3) is 10.2 Å². The van der Waals surface area contributed by atoms with Gasteiger partial charge in [-0.1, -0.05) is 25.6 Å². The first-order chi connectivity index (χ1) is 12.9. The molecule has 0 saturated carbocycles. The fourth-order valence-electron chi connectivity index (χ4n) is 3.37. The largest absolute Gasteiger partial charge is 0.386 e. The molecule has 0 radical (unpaired) electrons. The van der Waals surface area contributed by atoms with Crippen LogP contribution >= 0.6 is 23.1 Å².